The molecule has 17 heavy (non-hydrogen) atoms. The Balaban J connectivity index is 2.29. The molecule has 1 rings (SSSR count). The molecule has 1 fully saturated rings. The van der Waals surface area contributed by atoms with Crippen LogP contribution in [0.25, 0.3) is 0 Å². The van der Waals surface area contributed by atoms with Crippen LogP contribution in [-0.4, -0.2) is 47.9 Å². The summed E-state index contributed by atoms with van der Waals surface area (Å²) in [4.78, 5) is 13.5. The summed E-state index contributed by atoms with van der Waals surface area (Å²) >= 11 is 0. The van der Waals surface area contributed by atoms with Gasteiger partial charge in [-0.3, -0.25) is 9.69 Å². The minimum absolute atomic E-state index is 0.0585. The summed E-state index contributed by atoms with van der Waals surface area (Å²) in [5, 5.41) is 23.0. The summed E-state index contributed by atoms with van der Waals surface area (Å²) in [7, 11) is 0. The van der Waals surface area contributed by atoms with Crippen LogP contribution in [0, 0.1) is 17.2 Å². The van der Waals surface area contributed by atoms with Crippen molar-refractivity contribution in [2.75, 3.05) is 26.2 Å². The summed E-state index contributed by atoms with van der Waals surface area (Å²) in [5.41, 5.74) is 0.797. The lowest BCUT2D eigenvalue weighted by Crippen LogP contribution is -2.45. The van der Waals surface area contributed by atoms with Gasteiger partial charge in [0, 0.05) is 32.0 Å². The van der Waals surface area contributed by atoms with E-state index in [9.17, 15) is 4.79 Å². The second-order valence-electron chi connectivity index (χ2n) is 4.24. The zero-order valence-electron chi connectivity index (χ0n) is 10.0. The Morgan fingerprint density at radius 2 is 2.53 bits per heavy atom. The minimum Gasteiger partial charge on any atom is -0.411 e. The molecule has 0 spiro atoms. The van der Waals surface area contributed by atoms with Gasteiger partial charge in [-0.1, -0.05) is 12.1 Å². The highest BCUT2D eigenvalue weighted by Crippen LogP contribution is 2.13. The maximum absolute atomic E-state index is 11.5. The lowest BCUT2D eigenvalue weighted by Gasteiger charge is -2.30. The summed E-state index contributed by atoms with van der Waals surface area (Å²) in [5.74, 6) is 0.123. The Morgan fingerprint density at radius 1 is 1.76 bits per heavy atom. The van der Waals surface area contributed by atoms with Crippen molar-refractivity contribution in [1.29, 1.82) is 5.26 Å². The molecular formula is C11H18N4O2. The molecule has 2 N–H and O–H groups in total. The third-order valence-corrected chi connectivity index (χ3v) is 2.84. The zero-order chi connectivity index (χ0) is 12.7. The lowest BCUT2D eigenvalue weighted by molar-refractivity contribution is -0.122. The van der Waals surface area contributed by atoms with Crippen LogP contribution in [0.3, 0.4) is 0 Å². The number of rotatable bonds is 4. The van der Waals surface area contributed by atoms with Crippen molar-refractivity contribution in [3.8, 4) is 6.07 Å². The number of hydrogen-bond acceptors (Lipinski definition) is 5. The molecule has 6 nitrogen and oxygen atoms in total. The molecule has 6 heteroatoms. The minimum atomic E-state index is -0.0585. The second kappa shape index (κ2) is 6.86. The van der Waals surface area contributed by atoms with Gasteiger partial charge in [0.1, 0.15) is 0 Å². The highest BCUT2D eigenvalue weighted by atomic mass is 16.4. The van der Waals surface area contributed by atoms with E-state index in [1.807, 2.05) is 17.9 Å². The number of piperidine rings is 1. The van der Waals surface area contributed by atoms with Crippen LogP contribution >= 0.6 is 0 Å². The van der Waals surface area contributed by atoms with Crippen LogP contribution in [0.4, 0.5) is 0 Å². The third-order valence-electron chi connectivity index (χ3n) is 2.84. The summed E-state index contributed by atoms with van der Waals surface area (Å²) in [6, 6.07) is 1.98. The van der Waals surface area contributed by atoms with Crippen molar-refractivity contribution in [3.05, 3.63) is 0 Å². The van der Waals surface area contributed by atoms with Crippen LogP contribution in [0.1, 0.15) is 19.8 Å². The van der Waals surface area contributed by atoms with Crippen LogP contribution in [-0.2, 0) is 4.79 Å². The number of nitrogens with zero attached hydrogens (tertiary/aromatic N) is 3. The molecule has 0 bridgehead atoms. The molecule has 0 aromatic rings. The molecule has 0 aromatic carbocycles. The van der Waals surface area contributed by atoms with Gasteiger partial charge in [0.25, 0.3) is 0 Å². The highest BCUT2D eigenvalue weighted by Gasteiger charge is 2.23. The van der Waals surface area contributed by atoms with Crippen LogP contribution in [0.15, 0.2) is 5.16 Å². The number of nitrogens with one attached hydrogen (secondary N) is 1. The molecule has 0 aliphatic carbocycles. The first-order chi connectivity index (χ1) is 8.17. The monoisotopic (exact) mass is 238 g/mol. The number of oxime groups is 1. The SMILES string of the molecule is CC1CN(CC(=O)NCCC#N)CCC1=NO. The standard InChI is InChI=1S/C11H18N4O2/c1-9-7-15(6-3-10(9)14-17)8-11(16)13-5-2-4-12/h9,17H,2-3,5-8H2,1H3,(H,13,16). The lowest BCUT2D eigenvalue weighted by atomic mass is 9.98. The average Bonchev–Trinajstić information content (AvgIpc) is 2.29. The van der Waals surface area contributed by atoms with E-state index in [0.717, 1.165) is 18.8 Å². The van der Waals surface area contributed by atoms with Gasteiger partial charge in [-0.2, -0.15) is 5.26 Å². The van der Waals surface area contributed by atoms with Gasteiger partial charge in [-0.25, -0.2) is 0 Å². The maximum Gasteiger partial charge on any atom is 0.234 e. The van der Waals surface area contributed by atoms with Crippen molar-refractivity contribution in [3.63, 3.8) is 0 Å². The van der Waals surface area contributed by atoms with E-state index in [0.29, 0.717) is 25.9 Å². The third kappa shape index (κ3) is 4.41. The van der Waals surface area contributed by atoms with E-state index in [1.165, 1.54) is 0 Å². The Morgan fingerprint density at radius 3 is 3.12 bits per heavy atom. The van der Waals surface area contributed by atoms with E-state index in [1.54, 1.807) is 0 Å². The van der Waals surface area contributed by atoms with E-state index >= 15 is 0 Å². The topological polar surface area (TPSA) is 88.7 Å². The van der Waals surface area contributed by atoms with Crippen LogP contribution in [0.5, 0.6) is 0 Å². The molecule has 1 heterocycles. The summed E-state index contributed by atoms with van der Waals surface area (Å²) < 4.78 is 0. The van der Waals surface area contributed by atoms with Crippen molar-refractivity contribution >= 4 is 11.6 Å². The zero-order valence-corrected chi connectivity index (χ0v) is 10.0. The predicted molar refractivity (Wildman–Crippen MR) is 62.7 cm³/mol. The fraction of sp³-hybridized carbons (Fsp3) is 0.727. The molecule has 1 amide bonds. The predicted octanol–water partition coefficient (Wildman–Crippen LogP) is 0.188. The first kappa shape index (κ1) is 13.5. The number of nitriles is 1. The number of hydrogen-bond donors (Lipinski definition) is 2. The first-order valence-electron chi connectivity index (χ1n) is 5.74. The molecule has 0 saturated carbocycles. The first-order valence-corrected chi connectivity index (χ1v) is 5.74. The smallest absolute Gasteiger partial charge is 0.234 e. The van der Waals surface area contributed by atoms with Crippen molar-refractivity contribution in [2.45, 2.75) is 19.8 Å². The Hall–Kier alpha value is -1.61. The normalized spacial score (nSPS) is 23.3. The number of amides is 1. The van der Waals surface area contributed by atoms with Gasteiger partial charge in [-0.15, -0.1) is 0 Å². The fourth-order valence-electron chi connectivity index (χ4n) is 1.91. The maximum atomic E-state index is 11.5. The number of likely N-dealkylation sites (tertiary alicyclic amines) is 1. The van der Waals surface area contributed by atoms with E-state index in [4.69, 9.17) is 10.5 Å². The molecule has 1 aliphatic rings. The van der Waals surface area contributed by atoms with Crippen molar-refractivity contribution in [1.82, 2.24) is 10.2 Å². The van der Waals surface area contributed by atoms with Gasteiger partial charge in [0.2, 0.25) is 5.91 Å². The van der Waals surface area contributed by atoms with Crippen molar-refractivity contribution < 1.29 is 10.0 Å². The summed E-state index contributed by atoms with van der Waals surface area (Å²) in [6.45, 7) is 4.19. The molecule has 1 atom stereocenters. The van der Waals surface area contributed by atoms with Gasteiger partial charge >= 0.3 is 0 Å². The van der Waals surface area contributed by atoms with E-state index in [-0.39, 0.29) is 11.8 Å². The fourth-order valence-corrected chi connectivity index (χ4v) is 1.91. The van der Waals surface area contributed by atoms with Crippen LogP contribution in [0.2, 0.25) is 0 Å². The van der Waals surface area contributed by atoms with Gasteiger partial charge < -0.3 is 10.5 Å². The van der Waals surface area contributed by atoms with Gasteiger partial charge in [0.15, 0.2) is 0 Å². The Kier molecular flexibility index (Phi) is 5.43. The average molecular weight is 238 g/mol. The van der Waals surface area contributed by atoms with Gasteiger partial charge in [-0.05, 0) is 0 Å². The largest absolute Gasteiger partial charge is 0.411 e. The van der Waals surface area contributed by atoms with Crippen molar-refractivity contribution in [2.24, 2.45) is 11.1 Å². The summed E-state index contributed by atoms with van der Waals surface area (Å²) in [6.07, 6.45) is 1.03. The molecule has 94 valence electrons. The molecule has 0 aromatic heterocycles. The molecule has 1 unspecified atom stereocenters. The van der Waals surface area contributed by atoms with Gasteiger partial charge in [0.05, 0.1) is 24.7 Å². The van der Waals surface area contributed by atoms with E-state index in [2.05, 4.69) is 10.5 Å². The van der Waals surface area contributed by atoms with Crippen LogP contribution < -0.4 is 5.32 Å². The molecule has 1 saturated heterocycles. The number of carbonyl (C=O) groups excluding carboxylic acids is 1. The quantitative estimate of drug-likeness (QED) is 0.415. The molecule has 1 aliphatic heterocycles. The molecular weight excluding hydrogens is 220 g/mol. The Bertz CT molecular complexity index is 335. The highest BCUT2D eigenvalue weighted by molar-refractivity contribution is 5.87. The molecule has 0 radical (unpaired) electrons. The second-order valence-corrected chi connectivity index (χ2v) is 4.24. The Labute approximate surface area is 101 Å². The number of carbonyl (C=O) groups is 1. The van der Waals surface area contributed by atoms with E-state index < -0.39 is 0 Å².